The lowest BCUT2D eigenvalue weighted by Crippen LogP contribution is -2.52. The maximum atomic E-state index is 13.6. The Hall–Kier alpha value is -2.58. The lowest BCUT2D eigenvalue weighted by Gasteiger charge is -2.32. The molecule has 1 atom stereocenters. The molecule has 0 heterocycles. The molecule has 1 aliphatic rings. The Morgan fingerprint density at radius 1 is 1.11 bits per heavy atom. The number of halogens is 1. The molecule has 2 aromatic carbocycles. The van der Waals surface area contributed by atoms with Gasteiger partial charge in [0.1, 0.15) is 12.6 Å². The fourth-order valence-electron chi connectivity index (χ4n) is 4.39. The summed E-state index contributed by atoms with van der Waals surface area (Å²) < 4.78 is 26.6. The summed E-state index contributed by atoms with van der Waals surface area (Å²) in [7, 11) is -3.77. The largest absolute Gasteiger partial charge is 0.352 e. The monoisotopic (exact) mass is 519 g/mol. The van der Waals surface area contributed by atoms with Crippen LogP contribution in [0.1, 0.15) is 49.3 Å². The van der Waals surface area contributed by atoms with Gasteiger partial charge in [-0.3, -0.25) is 13.9 Å². The van der Waals surface area contributed by atoms with E-state index in [4.69, 9.17) is 11.6 Å². The van der Waals surface area contributed by atoms with E-state index in [1.807, 2.05) is 25.1 Å². The first-order chi connectivity index (χ1) is 16.5. The number of anilines is 1. The van der Waals surface area contributed by atoms with Gasteiger partial charge in [-0.1, -0.05) is 48.7 Å². The molecule has 2 amide bonds. The molecule has 1 aliphatic carbocycles. The number of rotatable bonds is 9. The van der Waals surface area contributed by atoms with Crippen molar-refractivity contribution in [1.82, 2.24) is 10.2 Å². The van der Waals surface area contributed by atoms with Gasteiger partial charge >= 0.3 is 0 Å². The zero-order valence-corrected chi connectivity index (χ0v) is 22.3. The number of benzene rings is 2. The average molecular weight is 520 g/mol. The van der Waals surface area contributed by atoms with Gasteiger partial charge in [0.2, 0.25) is 21.8 Å². The number of carbonyl (C=O) groups excluding carboxylic acids is 2. The van der Waals surface area contributed by atoms with Crippen LogP contribution < -0.4 is 9.62 Å². The normalized spacial score (nSPS) is 15.0. The second-order valence-electron chi connectivity index (χ2n) is 9.38. The predicted octanol–water partition coefficient (Wildman–Crippen LogP) is 4.20. The number of aryl methyl sites for hydroxylation is 2. The summed E-state index contributed by atoms with van der Waals surface area (Å²) in [5.41, 5.74) is 2.82. The van der Waals surface area contributed by atoms with Gasteiger partial charge < -0.3 is 10.2 Å². The number of hydrogen-bond acceptors (Lipinski definition) is 4. The Bertz CT molecular complexity index is 1180. The van der Waals surface area contributed by atoms with E-state index in [0.717, 1.165) is 52.9 Å². The summed E-state index contributed by atoms with van der Waals surface area (Å²) in [6, 6.07) is 11.9. The molecule has 1 saturated carbocycles. The molecule has 35 heavy (non-hydrogen) atoms. The highest BCUT2D eigenvalue weighted by molar-refractivity contribution is 7.92. The molecule has 0 aliphatic heterocycles. The van der Waals surface area contributed by atoms with Crippen LogP contribution >= 0.6 is 11.6 Å². The van der Waals surface area contributed by atoms with E-state index in [2.05, 4.69) is 5.32 Å². The van der Waals surface area contributed by atoms with E-state index in [-0.39, 0.29) is 18.5 Å². The summed E-state index contributed by atoms with van der Waals surface area (Å²) in [4.78, 5) is 28.2. The molecule has 9 heteroatoms. The first kappa shape index (κ1) is 27.0. The number of nitrogens with zero attached hydrogens (tertiary/aromatic N) is 2. The quantitative estimate of drug-likeness (QED) is 0.538. The van der Waals surface area contributed by atoms with E-state index >= 15 is 0 Å². The fourth-order valence-corrected chi connectivity index (χ4v) is 5.50. The van der Waals surface area contributed by atoms with Gasteiger partial charge in [0.25, 0.3) is 0 Å². The van der Waals surface area contributed by atoms with Crippen LogP contribution in [0.15, 0.2) is 42.5 Å². The minimum atomic E-state index is -3.77. The Kier molecular flexibility index (Phi) is 8.83. The highest BCUT2D eigenvalue weighted by Crippen LogP contribution is 2.25. The van der Waals surface area contributed by atoms with Gasteiger partial charge in [0.05, 0.1) is 11.9 Å². The molecule has 0 saturated heterocycles. The molecule has 0 aromatic heterocycles. The standard InChI is InChI=1S/C26H34ClN3O4S/c1-18-12-13-19(2)24(14-18)30(35(4,33)34)17-25(31)29(16-21-8-7-9-22(27)15-21)20(3)26(32)28-23-10-5-6-11-23/h7-9,12-15,20,23H,5-6,10-11,16-17H2,1-4H3,(H,28,32)/t20-/m0/s1. The summed E-state index contributed by atoms with van der Waals surface area (Å²) in [5.74, 6) is -0.713. The maximum absolute atomic E-state index is 13.6. The second-order valence-corrected chi connectivity index (χ2v) is 11.7. The van der Waals surface area contributed by atoms with Crippen LogP contribution in [-0.2, 0) is 26.2 Å². The van der Waals surface area contributed by atoms with Gasteiger partial charge in [0, 0.05) is 17.6 Å². The van der Waals surface area contributed by atoms with Crippen LogP contribution in [0.2, 0.25) is 5.02 Å². The van der Waals surface area contributed by atoms with Crippen molar-refractivity contribution in [2.75, 3.05) is 17.1 Å². The number of hydrogen-bond donors (Lipinski definition) is 1. The predicted molar refractivity (Wildman–Crippen MR) is 140 cm³/mol. The fraction of sp³-hybridized carbons (Fsp3) is 0.462. The summed E-state index contributed by atoms with van der Waals surface area (Å²) >= 11 is 6.15. The lowest BCUT2D eigenvalue weighted by molar-refractivity contribution is -0.139. The van der Waals surface area contributed by atoms with E-state index < -0.39 is 28.5 Å². The highest BCUT2D eigenvalue weighted by atomic mass is 35.5. The minimum absolute atomic E-state index is 0.107. The number of carbonyl (C=O) groups is 2. The average Bonchev–Trinajstić information content (AvgIpc) is 3.29. The van der Waals surface area contributed by atoms with Crippen LogP contribution in [-0.4, -0.2) is 50.0 Å². The summed E-state index contributed by atoms with van der Waals surface area (Å²) in [5, 5.41) is 3.57. The Morgan fingerprint density at radius 2 is 1.80 bits per heavy atom. The van der Waals surface area contributed by atoms with Gasteiger partial charge in [-0.15, -0.1) is 0 Å². The molecule has 0 bridgehead atoms. The number of sulfonamides is 1. The van der Waals surface area contributed by atoms with Gasteiger partial charge in [0.15, 0.2) is 0 Å². The van der Waals surface area contributed by atoms with Crippen molar-refractivity contribution in [2.45, 2.75) is 65.1 Å². The molecule has 190 valence electrons. The second kappa shape index (κ2) is 11.4. The van der Waals surface area contributed by atoms with Crippen molar-refractivity contribution >= 4 is 39.1 Å². The molecule has 1 N–H and O–H groups in total. The first-order valence-electron chi connectivity index (χ1n) is 11.8. The Balaban J connectivity index is 1.91. The van der Waals surface area contributed by atoms with Crippen molar-refractivity contribution in [3.8, 4) is 0 Å². The SMILES string of the molecule is Cc1ccc(C)c(N(CC(=O)N(Cc2cccc(Cl)c2)[C@@H](C)C(=O)NC2CCCC2)S(C)(=O)=O)c1. The topological polar surface area (TPSA) is 86.8 Å². The Morgan fingerprint density at radius 3 is 2.43 bits per heavy atom. The van der Waals surface area contributed by atoms with Crippen molar-refractivity contribution in [1.29, 1.82) is 0 Å². The van der Waals surface area contributed by atoms with E-state index in [0.29, 0.717) is 10.7 Å². The molecule has 3 rings (SSSR count). The van der Waals surface area contributed by atoms with Crippen molar-refractivity contribution in [2.24, 2.45) is 0 Å². The molecule has 2 aromatic rings. The molecule has 7 nitrogen and oxygen atoms in total. The highest BCUT2D eigenvalue weighted by Gasteiger charge is 2.31. The lowest BCUT2D eigenvalue weighted by atomic mass is 10.1. The van der Waals surface area contributed by atoms with Crippen molar-refractivity contribution < 1.29 is 18.0 Å². The third kappa shape index (κ3) is 7.21. The van der Waals surface area contributed by atoms with Gasteiger partial charge in [-0.05, 0) is 68.5 Å². The molecule has 0 radical (unpaired) electrons. The molecular formula is C26H34ClN3O4S. The van der Waals surface area contributed by atoms with Gasteiger partial charge in [-0.2, -0.15) is 0 Å². The maximum Gasteiger partial charge on any atom is 0.244 e. The number of amides is 2. The third-order valence-corrected chi connectivity index (χ3v) is 7.78. The molecular weight excluding hydrogens is 486 g/mol. The van der Waals surface area contributed by atoms with Crippen LogP contribution in [0, 0.1) is 13.8 Å². The minimum Gasteiger partial charge on any atom is -0.352 e. The van der Waals surface area contributed by atoms with E-state index in [9.17, 15) is 18.0 Å². The first-order valence-corrected chi connectivity index (χ1v) is 14.1. The van der Waals surface area contributed by atoms with Crippen molar-refractivity contribution in [3.05, 3.63) is 64.2 Å². The zero-order valence-electron chi connectivity index (χ0n) is 20.8. The number of nitrogens with one attached hydrogen (secondary N) is 1. The zero-order chi connectivity index (χ0) is 25.8. The van der Waals surface area contributed by atoms with Crippen LogP contribution in [0.5, 0.6) is 0 Å². The third-order valence-electron chi connectivity index (χ3n) is 6.42. The molecule has 1 fully saturated rings. The van der Waals surface area contributed by atoms with Gasteiger partial charge in [-0.25, -0.2) is 8.42 Å². The smallest absolute Gasteiger partial charge is 0.244 e. The van der Waals surface area contributed by atoms with Crippen LogP contribution in [0.25, 0.3) is 0 Å². The summed E-state index contributed by atoms with van der Waals surface area (Å²) in [6.45, 7) is 5.06. The molecule has 0 unspecified atom stereocenters. The summed E-state index contributed by atoms with van der Waals surface area (Å²) in [6.07, 6.45) is 5.08. The van der Waals surface area contributed by atoms with Crippen molar-refractivity contribution in [3.63, 3.8) is 0 Å². The van der Waals surface area contributed by atoms with Crippen LogP contribution in [0.3, 0.4) is 0 Å². The Labute approximate surface area is 213 Å². The van der Waals surface area contributed by atoms with E-state index in [1.54, 1.807) is 38.1 Å². The van der Waals surface area contributed by atoms with Crippen LogP contribution in [0.4, 0.5) is 5.69 Å². The molecule has 0 spiro atoms. The van der Waals surface area contributed by atoms with E-state index in [1.165, 1.54) is 4.90 Å².